The lowest BCUT2D eigenvalue weighted by Crippen LogP contribution is -2.02. The molecule has 2 aromatic rings. The van der Waals surface area contributed by atoms with Gasteiger partial charge < -0.3 is 9.15 Å². The third kappa shape index (κ3) is 4.52. The number of nitrogens with zero attached hydrogens (tertiary/aromatic N) is 1. The zero-order valence-corrected chi connectivity index (χ0v) is 14.2. The molecule has 0 N–H and O–H groups in total. The van der Waals surface area contributed by atoms with Crippen LogP contribution >= 0.6 is 23.4 Å². The number of hydrogen-bond acceptors (Lipinski definition) is 5. The van der Waals surface area contributed by atoms with Crippen LogP contribution in [0.15, 0.2) is 33.9 Å². The van der Waals surface area contributed by atoms with Crippen molar-refractivity contribution >= 4 is 29.3 Å². The predicted octanol–water partition coefficient (Wildman–Crippen LogP) is 4.60. The monoisotopic (exact) mass is 339 g/mol. The number of carbonyl (C=O) groups is 1. The van der Waals surface area contributed by atoms with Crippen LogP contribution in [0.4, 0.5) is 0 Å². The average Bonchev–Trinajstić information content (AvgIpc) is 2.94. The molecule has 0 aliphatic heterocycles. The lowest BCUT2D eigenvalue weighted by molar-refractivity contribution is -0.140. The summed E-state index contributed by atoms with van der Waals surface area (Å²) in [4.78, 5) is 15.9. The lowest BCUT2D eigenvalue weighted by atomic mass is 10.1. The second-order valence-corrected chi connectivity index (χ2v) is 6.17. The Labute approximate surface area is 139 Å². The first-order valence-electron chi connectivity index (χ1n) is 7.09. The van der Waals surface area contributed by atoms with Crippen molar-refractivity contribution in [3.8, 4) is 11.3 Å². The number of oxazole rings is 1. The van der Waals surface area contributed by atoms with Crippen LogP contribution in [0.25, 0.3) is 11.3 Å². The van der Waals surface area contributed by atoms with E-state index in [-0.39, 0.29) is 12.4 Å². The van der Waals surface area contributed by atoms with Crippen molar-refractivity contribution in [2.75, 3.05) is 12.9 Å². The van der Waals surface area contributed by atoms with Crippen molar-refractivity contribution in [3.05, 3.63) is 35.0 Å². The van der Waals surface area contributed by atoms with Crippen LogP contribution in [0, 0.1) is 0 Å². The fraction of sp³-hybridized carbons (Fsp3) is 0.375. The molecular weight excluding hydrogens is 322 g/mol. The largest absolute Gasteiger partial charge is 0.469 e. The van der Waals surface area contributed by atoms with E-state index in [2.05, 4.69) is 16.6 Å². The Morgan fingerprint density at radius 3 is 2.73 bits per heavy atom. The molecule has 22 heavy (non-hydrogen) atoms. The average molecular weight is 340 g/mol. The molecule has 0 saturated carbocycles. The molecule has 4 nitrogen and oxygen atoms in total. The van der Waals surface area contributed by atoms with Crippen molar-refractivity contribution in [2.45, 2.75) is 31.4 Å². The number of rotatable bonds is 7. The van der Waals surface area contributed by atoms with Crippen molar-refractivity contribution in [1.82, 2.24) is 4.98 Å². The highest BCUT2D eigenvalue weighted by Gasteiger charge is 2.16. The standard InChI is InChI=1S/C16H18ClNO3S/c1-3-10-22-16-18-15(11-4-6-12(17)7-5-11)13(21-16)8-9-14(19)20-2/h4-7H,3,8-10H2,1-2H3. The maximum atomic E-state index is 11.3. The van der Waals surface area contributed by atoms with Gasteiger partial charge in [0.05, 0.1) is 13.5 Å². The summed E-state index contributed by atoms with van der Waals surface area (Å²) >= 11 is 7.50. The van der Waals surface area contributed by atoms with Crippen molar-refractivity contribution in [3.63, 3.8) is 0 Å². The zero-order valence-electron chi connectivity index (χ0n) is 12.6. The number of aromatic nitrogens is 1. The van der Waals surface area contributed by atoms with Crippen LogP contribution in [0.3, 0.4) is 0 Å². The van der Waals surface area contributed by atoms with Crippen LogP contribution in [0.2, 0.25) is 5.02 Å². The predicted molar refractivity (Wildman–Crippen MR) is 88.3 cm³/mol. The summed E-state index contributed by atoms with van der Waals surface area (Å²) < 4.78 is 10.5. The summed E-state index contributed by atoms with van der Waals surface area (Å²) in [7, 11) is 1.38. The van der Waals surface area contributed by atoms with Crippen molar-refractivity contribution in [1.29, 1.82) is 0 Å². The van der Waals surface area contributed by atoms with Gasteiger partial charge >= 0.3 is 5.97 Å². The molecule has 0 aliphatic rings. The van der Waals surface area contributed by atoms with E-state index in [4.69, 9.17) is 16.0 Å². The second-order valence-electron chi connectivity index (χ2n) is 4.68. The van der Waals surface area contributed by atoms with Gasteiger partial charge in [0.2, 0.25) is 0 Å². The number of ether oxygens (including phenoxy) is 1. The molecular formula is C16H18ClNO3S. The van der Waals surface area contributed by atoms with Crippen LogP contribution in [-0.4, -0.2) is 23.8 Å². The number of benzene rings is 1. The van der Waals surface area contributed by atoms with Crippen molar-refractivity contribution < 1.29 is 13.9 Å². The number of aryl methyl sites for hydroxylation is 1. The van der Waals surface area contributed by atoms with Gasteiger partial charge in [0.1, 0.15) is 11.5 Å². The molecule has 0 aliphatic carbocycles. The summed E-state index contributed by atoms with van der Waals surface area (Å²) in [5.41, 5.74) is 1.69. The number of halogens is 1. The molecule has 0 bridgehead atoms. The summed E-state index contributed by atoms with van der Waals surface area (Å²) in [6.45, 7) is 2.11. The Hall–Kier alpha value is -1.46. The highest BCUT2D eigenvalue weighted by molar-refractivity contribution is 7.99. The number of hydrogen-bond donors (Lipinski definition) is 0. The van der Waals surface area contributed by atoms with Crippen LogP contribution in [0.5, 0.6) is 0 Å². The molecule has 0 spiro atoms. The Balaban J connectivity index is 2.26. The van der Waals surface area contributed by atoms with E-state index in [9.17, 15) is 4.79 Å². The summed E-state index contributed by atoms with van der Waals surface area (Å²) in [5, 5.41) is 1.30. The first-order chi connectivity index (χ1) is 10.6. The van der Waals surface area contributed by atoms with Gasteiger partial charge in [-0.25, -0.2) is 4.98 Å². The van der Waals surface area contributed by atoms with Gasteiger partial charge in [0.25, 0.3) is 5.22 Å². The Kier molecular flexibility index (Phi) is 6.34. The zero-order chi connectivity index (χ0) is 15.9. The third-order valence-electron chi connectivity index (χ3n) is 3.01. The van der Waals surface area contributed by atoms with Crippen LogP contribution in [-0.2, 0) is 16.0 Å². The normalized spacial score (nSPS) is 10.7. The van der Waals surface area contributed by atoms with E-state index in [1.165, 1.54) is 7.11 Å². The van der Waals surface area contributed by atoms with Gasteiger partial charge in [-0.1, -0.05) is 42.4 Å². The van der Waals surface area contributed by atoms with E-state index >= 15 is 0 Å². The molecule has 0 radical (unpaired) electrons. The maximum absolute atomic E-state index is 11.3. The highest BCUT2D eigenvalue weighted by atomic mass is 35.5. The van der Waals surface area contributed by atoms with Gasteiger partial charge in [0, 0.05) is 22.8 Å². The third-order valence-corrected chi connectivity index (χ3v) is 4.29. The number of esters is 1. The van der Waals surface area contributed by atoms with E-state index < -0.39 is 0 Å². The van der Waals surface area contributed by atoms with E-state index in [0.717, 1.165) is 23.4 Å². The van der Waals surface area contributed by atoms with Gasteiger partial charge in [-0.3, -0.25) is 4.79 Å². The summed E-state index contributed by atoms with van der Waals surface area (Å²) in [6, 6.07) is 7.43. The molecule has 0 fully saturated rings. The van der Waals surface area contributed by atoms with Gasteiger partial charge in [-0.05, 0) is 18.6 Å². The van der Waals surface area contributed by atoms with Crippen LogP contribution in [0.1, 0.15) is 25.5 Å². The van der Waals surface area contributed by atoms with Crippen molar-refractivity contribution in [2.24, 2.45) is 0 Å². The molecule has 0 amide bonds. The van der Waals surface area contributed by atoms with Gasteiger partial charge in [-0.2, -0.15) is 0 Å². The molecule has 118 valence electrons. The molecule has 1 aromatic heterocycles. The smallest absolute Gasteiger partial charge is 0.305 e. The first kappa shape index (κ1) is 16.9. The molecule has 0 atom stereocenters. The number of methoxy groups -OCH3 is 1. The number of carbonyl (C=O) groups excluding carboxylic acids is 1. The van der Waals surface area contributed by atoms with E-state index in [1.807, 2.05) is 24.3 Å². The topological polar surface area (TPSA) is 52.3 Å². The molecule has 6 heteroatoms. The minimum Gasteiger partial charge on any atom is -0.469 e. The molecule has 0 saturated heterocycles. The first-order valence-corrected chi connectivity index (χ1v) is 8.45. The quantitative estimate of drug-likeness (QED) is 0.545. The molecule has 0 unspecified atom stereocenters. The molecule has 1 heterocycles. The Bertz CT molecular complexity index is 625. The van der Waals surface area contributed by atoms with Crippen LogP contribution < -0.4 is 0 Å². The minimum atomic E-state index is -0.263. The summed E-state index contributed by atoms with van der Waals surface area (Å²) in [6.07, 6.45) is 1.77. The fourth-order valence-electron chi connectivity index (χ4n) is 1.90. The Morgan fingerprint density at radius 1 is 1.36 bits per heavy atom. The summed E-state index contributed by atoms with van der Waals surface area (Å²) in [5.74, 6) is 1.38. The second kappa shape index (κ2) is 8.25. The highest BCUT2D eigenvalue weighted by Crippen LogP contribution is 2.30. The van der Waals surface area contributed by atoms with E-state index in [1.54, 1.807) is 11.8 Å². The Morgan fingerprint density at radius 2 is 2.09 bits per heavy atom. The fourth-order valence-corrected chi connectivity index (χ4v) is 2.72. The minimum absolute atomic E-state index is 0.263. The molecule has 2 rings (SSSR count). The number of thioether (sulfide) groups is 1. The van der Waals surface area contributed by atoms with E-state index in [0.29, 0.717) is 22.4 Å². The SMILES string of the molecule is CCCSc1nc(-c2ccc(Cl)cc2)c(CCC(=O)OC)o1. The maximum Gasteiger partial charge on any atom is 0.305 e. The molecule has 1 aromatic carbocycles. The van der Waals surface area contributed by atoms with Gasteiger partial charge in [-0.15, -0.1) is 0 Å². The van der Waals surface area contributed by atoms with Gasteiger partial charge in [0.15, 0.2) is 0 Å². The lowest BCUT2D eigenvalue weighted by Gasteiger charge is -2.01.